The molecule has 0 saturated carbocycles. The average molecular weight is 360 g/mol. The van der Waals surface area contributed by atoms with Gasteiger partial charge in [-0.2, -0.15) is 5.10 Å². The van der Waals surface area contributed by atoms with Crippen LogP contribution in [0.5, 0.6) is 5.75 Å². The minimum absolute atomic E-state index is 0.0600. The van der Waals surface area contributed by atoms with Gasteiger partial charge in [0.2, 0.25) is 0 Å². The van der Waals surface area contributed by atoms with Crippen LogP contribution in [-0.4, -0.2) is 39.9 Å². The van der Waals surface area contributed by atoms with Crippen molar-refractivity contribution in [3.63, 3.8) is 0 Å². The first-order valence-electron chi connectivity index (χ1n) is 8.46. The molecule has 2 amide bonds. The zero-order valence-electron chi connectivity index (χ0n) is 14.7. The normalized spacial score (nSPS) is 15.0. The lowest BCUT2D eigenvalue weighted by Gasteiger charge is -2.32. The van der Waals surface area contributed by atoms with Crippen LogP contribution in [0.2, 0.25) is 0 Å². The molecule has 1 saturated heterocycles. The number of carbonyl (C=O) groups is 1. The summed E-state index contributed by atoms with van der Waals surface area (Å²) in [6, 6.07) is 7.34. The first-order chi connectivity index (χ1) is 12.4. The number of anilines is 1. The number of amides is 2. The summed E-state index contributed by atoms with van der Waals surface area (Å²) in [7, 11) is 1.52. The standard InChI is InChI=1S/C18H21FN4O3/c1-12-14(19)4-3-5-15(12)26-13-8-10-23(11-9-13)18(25)20-16-6-7-17(24)22(2)21-16/h3-7,13H,8-11H2,1-2H3,(H,20,21,25). The maximum Gasteiger partial charge on any atom is 0.323 e. The molecule has 0 atom stereocenters. The van der Waals surface area contributed by atoms with E-state index >= 15 is 0 Å². The van der Waals surface area contributed by atoms with Crippen LogP contribution < -0.4 is 15.6 Å². The monoisotopic (exact) mass is 360 g/mol. The Morgan fingerprint density at radius 3 is 2.69 bits per heavy atom. The van der Waals surface area contributed by atoms with E-state index in [2.05, 4.69) is 10.4 Å². The predicted molar refractivity (Wildman–Crippen MR) is 94.9 cm³/mol. The zero-order valence-corrected chi connectivity index (χ0v) is 14.7. The number of hydrogen-bond donors (Lipinski definition) is 1. The van der Waals surface area contributed by atoms with E-state index in [9.17, 15) is 14.0 Å². The third-order valence-corrected chi connectivity index (χ3v) is 4.44. The number of nitrogens with zero attached hydrogens (tertiary/aromatic N) is 3. The molecule has 1 fully saturated rings. The molecule has 0 spiro atoms. The summed E-state index contributed by atoms with van der Waals surface area (Å²) < 4.78 is 20.7. The molecule has 0 aliphatic carbocycles. The van der Waals surface area contributed by atoms with Crippen molar-refractivity contribution in [3.8, 4) is 5.75 Å². The van der Waals surface area contributed by atoms with Crippen LogP contribution in [-0.2, 0) is 7.05 Å². The molecule has 1 N–H and O–H groups in total. The molecule has 138 valence electrons. The first kappa shape index (κ1) is 17.9. The van der Waals surface area contributed by atoms with Gasteiger partial charge < -0.3 is 9.64 Å². The van der Waals surface area contributed by atoms with Crippen molar-refractivity contribution in [2.75, 3.05) is 18.4 Å². The fourth-order valence-corrected chi connectivity index (χ4v) is 2.83. The zero-order chi connectivity index (χ0) is 18.7. The Morgan fingerprint density at radius 2 is 2.00 bits per heavy atom. The van der Waals surface area contributed by atoms with E-state index in [0.29, 0.717) is 43.1 Å². The lowest BCUT2D eigenvalue weighted by Crippen LogP contribution is -2.44. The van der Waals surface area contributed by atoms with Gasteiger partial charge in [-0.1, -0.05) is 6.07 Å². The second kappa shape index (κ2) is 7.55. The third kappa shape index (κ3) is 4.01. The number of urea groups is 1. The third-order valence-electron chi connectivity index (χ3n) is 4.44. The number of hydrogen-bond acceptors (Lipinski definition) is 4. The van der Waals surface area contributed by atoms with Crippen molar-refractivity contribution in [1.82, 2.24) is 14.7 Å². The smallest absolute Gasteiger partial charge is 0.323 e. The highest BCUT2D eigenvalue weighted by Crippen LogP contribution is 2.24. The van der Waals surface area contributed by atoms with Gasteiger partial charge in [-0.15, -0.1) is 0 Å². The van der Waals surface area contributed by atoms with Crippen molar-refractivity contribution < 1.29 is 13.9 Å². The lowest BCUT2D eigenvalue weighted by atomic mass is 10.1. The number of rotatable bonds is 3. The fourth-order valence-electron chi connectivity index (χ4n) is 2.83. The molecule has 3 rings (SSSR count). The van der Waals surface area contributed by atoms with Crippen LogP contribution in [0.15, 0.2) is 35.1 Å². The van der Waals surface area contributed by atoms with E-state index in [1.54, 1.807) is 24.0 Å². The quantitative estimate of drug-likeness (QED) is 0.911. The second-order valence-corrected chi connectivity index (χ2v) is 6.28. The maximum absolute atomic E-state index is 13.6. The van der Waals surface area contributed by atoms with E-state index in [0.717, 1.165) is 4.68 Å². The van der Waals surface area contributed by atoms with E-state index < -0.39 is 0 Å². The van der Waals surface area contributed by atoms with Crippen LogP contribution in [0.4, 0.5) is 15.0 Å². The molecule has 0 unspecified atom stereocenters. The van der Waals surface area contributed by atoms with Crippen molar-refractivity contribution >= 4 is 11.8 Å². The van der Waals surface area contributed by atoms with Gasteiger partial charge in [0.1, 0.15) is 17.7 Å². The summed E-state index contributed by atoms with van der Waals surface area (Å²) in [5, 5.41) is 6.67. The van der Waals surface area contributed by atoms with E-state index in [4.69, 9.17) is 4.74 Å². The van der Waals surface area contributed by atoms with Gasteiger partial charge in [-0.3, -0.25) is 10.1 Å². The van der Waals surface area contributed by atoms with Crippen molar-refractivity contribution in [2.24, 2.45) is 7.05 Å². The molecule has 2 aromatic rings. The predicted octanol–water partition coefficient (Wildman–Crippen LogP) is 2.30. The molecular formula is C18H21FN4O3. The van der Waals surface area contributed by atoms with E-state index in [-0.39, 0.29) is 23.5 Å². The van der Waals surface area contributed by atoms with Gasteiger partial charge >= 0.3 is 6.03 Å². The molecule has 26 heavy (non-hydrogen) atoms. The van der Waals surface area contributed by atoms with E-state index in [1.165, 1.54) is 25.2 Å². The number of aromatic nitrogens is 2. The molecule has 1 aliphatic rings. The molecule has 7 nitrogen and oxygen atoms in total. The molecule has 1 aliphatic heterocycles. The van der Waals surface area contributed by atoms with Crippen molar-refractivity contribution in [3.05, 3.63) is 52.1 Å². The molecule has 0 bridgehead atoms. The number of nitrogens with one attached hydrogen (secondary N) is 1. The lowest BCUT2D eigenvalue weighted by molar-refractivity contribution is 0.114. The maximum atomic E-state index is 13.6. The van der Waals surface area contributed by atoms with Gasteiger partial charge in [0.15, 0.2) is 5.82 Å². The highest BCUT2D eigenvalue weighted by molar-refractivity contribution is 5.88. The number of piperidine rings is 1. The van der Waals surface area contributed by atoms with Crippen molar-refractivity contribution in [1.29, 1.82) is 0 Å². The average Bonchev–Trinajstić information content (AvgIpc) is 2.63. The number of likely N-dealkylation sites (tertiary alicyclic amines) is 1. The van der Waals surface area contributed by atoms with Crippen LogP contribution in [0, 0.1) is 12.7 Å². The molecule has 1 aromatic carbocycles. The van der Waals surface area contributed by atoms with Gasteiger partial charge in [-0.25, -0.2) is 13.9 Å². The fraction of sp³-hybridized carbons (Fsp3) is 0.389. The molecule has 2 heterocycles. The first-order valence-corrected chi connectivity index (χ1v) is 8.46. The summed E-state index contributed by atoms with van der Waals surface area (Å²) in [5.41, 5.74) is 0.252. The van der Waals surface area contributed by atoms with E-state index in [1.807, 2.05) is 0 Å². The molecular weight excluding hydrogens is 339 g/mol. The minimum Gasteiger partial charge on any atom is -0.490 e. The van der Waals surface area contributed by atoms with Gasteiger partial charge in [0.25, 0.3) is 5.56 Å². The number of carbonyl (C=O) groups excluding carboxylic acids is 1. The van der Waals surface area contributed by atoms with Crippen molar-refractivity contribution in [2.45, 2.75) is 25.9 Å². The number of halogens is 1. The number of aryl methyl sites for hydroxylation is 1. The largest absolute Gasteiger partial charge is 0.490 e. The molecule has 1 aromatic heterocycles. The highest BCUT2D eigenvalue weighted by Gasteiger charge is 2.24. The number of benzene rings is 1. The Morgan fingerprint density at radius 1 is 1.27 bits per heavy atom. The Labute approximate surface area is 150 Å². The summed E-state index contributed by atoms with van der Waals surface area (Å²) in [6.45, 7) is 2.74. The number of ether oxygens (including phenoxy) is 1. The summed E-state index contributed by atoms with van der Waals surface area (Å²) >= 11 is 0. The van der Waals surface area contributed by atoms with Crippen LogP contribution in [0.25, 0.3) is 0 Å². The topological polar surface area (TPSA) is 76.5 Å². The van der Waals surface area contributed by atoms with Crippen LogP contribution >= 0.6 is 0 Å². The second-order valence-electron chi connectivity index (χ2n) is 6.28. The Bertz CT molecular complexity index is 860. The molecule has 8 heteroatoms. The van der Waals surface area contributed by atoms with Gasteiger partial charge in [0, 0.05) is 44.6 Å². The summed E-state index contributed by atoms with van der Waals surface area (Å²) in [4.78, 5) is 25.3. The van der Waals surface area contributed by atoms with Gasteiger partial charge in [0.05, 0.1) is 0 Å². The minimum atomic E-state index is -0.288. The summed E-state index contributed by atoms with van der Waals surface area (Å²) in [5.74, 6) is 0.581. The summed E-state index contributed by atoms with van der Waals surface area (Å²) in [6.07, 6.45) is 1.25. The Hall–Kier alpha value is -2.90. The Kier molecular flexibility index (Phi) is 5.20. The molecule has 0 radical (unpaired) electrons. The Balaban J connectivity index is 1.54. The van der Waals surface area contributed by atoms with Crippen LogP contribution in [0.1, 0.15) is 18.4 Å². The van der Waals surface area contributed by atoms with Crippen LogP contribution in [0.3, 0.4) is 0 Å². The SMILES string of the molecule is Cc1c(F)cccc1OC1CCN(C(=O)Nc2ccc(=O)n(C)n2)CC1. The van der Waals surface area contributed by atoms with Gasteiger partial charge in [-0.05, 0) is 25.1 Å². The highest BCUT2D eigenvalue weighted by atomic mass is 19.1.